The summed E-state index contributed by atoms with van der Waals surface area (Å²) in [6.07, 6.45) is -2.05. The van der Waals surface area contributed by atoms with Gasteiger partial charge in [-0.05, 0) is 31.0 Å². The predicted octanol–water partition coefficient (Wildman–Crippen LogP) is 3.17. The second-order valence-corrected chi connectivity index (χ2v) is 3.76. The molecule has 1 unspecified atom stereocenters. The number of alkyl halides is 2. The lowest BCUT2D eigenvalue weighted by Crippen LogP contribution is -2.18. The van der Waals surface area contributed by atoms with Crippen LogP contribution in [0, 0.1) is 0 Å². The molecule has 0 aliphatic heterocycles. The molecule has 2 N–H and O–H groups in total. The Morgan fingerprint density at radius 2 is 2.07 bits per heavy atom. The van der Waals surface area contributed by atoms with E-state index in [1.807, 2.05) is 0 Å². The van der Waals surface area contributed by atoms with Crippen LogP contribution in [0.15, 0.2) is 18.2 Å². The molecule has 1 aromatic rings. The molecule has 0 saturated carbocycles. The van der Waals surface area contributed by atoms with Gasteiger partial charge in [0.1, 0.15) is 0 Å². The highest BCUT2D eigenvalue weighted by molar-refractivity contribution is 6.30. The molecule has 78 valence electrons. The van der Waals surface area contributed by atoms with Crippen molar-refractivity contribution in [3.05, 3.63) is 34.3 Å². The van der Waals surface area contributed by atoms with Crippen molar-refractivity contribution in [2.45, 2.75) is 25.8 Å². The Hall–Kier alpha value is -0.670. The van der Waals surface area contributed by atoms with Crippen molar-refractivity contribution in [1.29, 1.82) is 0 Å². The predicted molar refractivity (Wildman–Crippen MR) is 53.8 cm³/mol. The van der Waals surface area contributed by atoms with E-state index in [1.165, 1.54) is 12.1 Å². The number of hydrogen-bond donors (Lipinski definition) is 1. The zero-order valence-corrected chi connectivity index (χ0v) is 8.56. The average molecular weight is 220 g/mol. The van der Waals surface area contributed by atoms with Crippen LogP contribution in [0.25, 0.3) is 0 Å². The van der Waals surface area contributed by atoms with E-state index in [0.29, 0.717) is 17.0 Å². The van der Waals surface area contributed by atoms with Crippen LogP contribution in [0.1, 0.15) is 24.5 Å². The van der Waals surface area contributed by atoms with E-state index in [4.69, 9.17) is 17.3 Å². The molecule has 0 heterocycles. The van der Waals surface area contributed by atoms with Crippen LogP contribution in [0.2, 0.25) is 5.02 Å². The molecule has 1 nitrogen and oxygen atoms in total. The van der Waals surface area contributed by atoms with Gasteiger partial charge in [-0.25, -0.2) is 8.78 Å². The maximum absolute atomic E-state index is 12.5. The molecule has 0 aliphatic rings. The van der Waals surface area contributed by atoms with Crippen molar-refractivity contribution >= 4 is 11.6 Å². The van der Waals surface area contributed by atoms with E-state index >= 15 is 0 Å². The molecule has 0 spiro atoms. The Balaban J connectivity index is 3.03. The quantitative estimate of drug-likeness (QED) is 0.830. The average Bonchev–Trinajstić information content (AvgIpc) is 2.01. The van der Waals surface area contributed by atoms with E-state index in [2.05, 4.69) is 0 Å². The minimum absolute atomic E-state index is 0.0201. The van der Waals surface area contributed by atoms with Gasteiger partial charge in [0.15, 0.2) is 0 Å². The summed E-state index contributed by atoms with van der Waals surface area (Å²) in [5.41, 5.74) is 6.11. The largest absolute Gasteiger partial charge is 0.328 e. The lowest BCUT2D eigenvalue weighted by atomic mass is 10.0. The topological polar surface area (TPSA) is 26.0 Å². The van der Waals surface area contributed by atoms with Crippen molar-refractivity contribution in [3.8, 4) is 0 Å². The first-order chi connectivity index (χ1) is 6.50. The van der Waals surface area contributed by atoms with Gasteiger partial charge in [0.2, 0.25) is 0 Å². The van der Waals surface area contributed by atoms with Crippen molar-refractivity contribution in [3.63, 3.8) is 0 Å². The molecule has 0 aliphatic carbocycles. The number of rotatable bonds is 3. The fourth-order valence-corrected chi connectivity index (χ4v) is 1.51. The van der Waals surface area contributed by atoms with E-state index in [-0.39, 0.29) is 11.6 Å². The SMILES string of the molecule is CC(N)Cc1cc(Cl)ccc1C(F)F. The number of hydrogen-bond acceptors (Lipinski definition) is 1. The van der Waals surface area contributed by atoms with Crippen LogP contribution < -0.4 is 5.73 Å². The van der Waals surface area contributed by atoms with Crippen molar-refractivity contribution in [1.82, 2.24) is 0 Å². The Kier molecular flexibility index (Phi) is 3.84. The molecule has 0 radical (unpaired) electrons. The van der Waals surface area contributed by atoms with E-state index in [1.54, 1.807) is 13.0 Å². The first kappa shape index (κ1) is 11.4. The monoisotopic (exact) mass is 219 g/mol. The lowest BCUT2D eigenvalue weighted by Gasteiger charge is -2.11. The van der Waals surface area contributed by atoms with Gasteiger partial charge in [-0.1, -0.05) is 17.7 Å². The normalized spacial score (nSPS) is 13.3. The molecule has 4 heteroatoms. The van der Waals surface area contributed by atoms with Gasteiger partial charge < -0.3 is 5.73 Å². The summed E-state index contributed by atoms with van der Waals surface area (Å²) in [5, 5.41) is 0.463. The molecule has 0 fully saturated rings. The number of nitrogens with two attached hydrogens (primary N) is 1. The minimum Gasteiger partial charge on any atom is -0.328 e. The number of benzene rings is 1. The third kappa shape index (κ3) is 2.93. The van der Waals surface area contributed by atoms with Gasteiger partial charge in [-0.2, -0.15) is 0 Å². The number of halogens is 3. The third-order valence-corrected chi connectivity index (χ3v) is 2.12. The summed E-state index contributed by atoms with van der Waals surface area (Å²) in [5.74, 6) is 0. The summed E-state index contributed by atoms with van der Waals surface area (Å²) in [7, 11) is 0. The molecule has 14 heavy (non-hydrogen) atoms. The van der Waals surface area contributed by atoms with Gasteiger partial charge in [0, 0.05) is 16.6 Å². The summed E-state index contributed by atoms with van der Waals surface area (Å²) >= 11 is 5.72. The zero-order chi connectivity index (χ0) is 10.7. The Bertz CT molecular complexity index is 313. The standard InChI is InChI=1S/C10H12ClF2N/c1-6(14)4-7-5-8(11)2-3-9(7)10(12)13/h2-3,5-6,10H,4,14H2,1H3. The third-order valence-electron chi connectivity index (χ3n) is 1.88. The minimum atomic E-state index is -2.47. The van der Waals surface area contributed by atoms with Crippen molar-refractivity contribution in [2.75, 3.05) is 0 Å². The van der Waals surface area contributed by atoms with Gasteiger partial charge in [-0.15, -0.1) is 0 Å². The molecule has 0 saturated heterocycles. The van der Waals surface area contributed by atoms with Crippen LogP contribution in [-0.2, 0) is 6.42 Å². The van der Waals surface area contributed by atoms with Crippen LogP contribution in [0.4, 0.5) is 8.78 Å². The van der Waals surface area contributed by atoms with Crippen LogP contribution >= 0.6 is 11.6 Å². The fourth-order valence-electron chi connectivity index (χ4n) is 1.31. The van der Waals surface area contributed by atoms with E-state index in [9.17, 15) is 8.78 Å². The van der Waals surface area contributed by atoms with Crippen LogP contribution in [-0.4, -0.2) is 6.04 Å². The lowest BCUT2D eigenvalue weighted by molar-refractivity contribution is 0.150. The Labute approximate surface area is 86.9 Å². The second kappa shape index (κ2) is 4.71. The molecule has 0 aromatic heterocycles. The molecular weight excluding hydrogens is 208 g/mol. The highest BCUT2D eigenvalue weighted by Crippen LogP contribution is 2.26. The Morgan fingerprint density at radius 3 is 2.57 bits per heavy atom. The first-order valence-corrected chi connectivity index (χ1v) is 4.70. The van der Waals surface area contributed by atoms with E-state index < -0.39 is 6.43 Å². The van der Waals surface area contributed by atoms with Gasteiger partial charge in [0.25, 0.3) is 6.43 Å². The summed E-state index contributed by atoms with van der Waals surface area (Å²) < 4.78 is 25.1. The van der Waals surface area contributed by atoms with Crippen molar-refractivity contribution < 1.29 is 8.78 Å². The maximum atomic E-state index is 12.5. The molecule has 0 bridgehead atoms. The molecule has 1 atom stereocenters. The molecular formula is C10H12ClF2N. The second-order valence-electron chi connectivity index (χ2n) is 3.33. The van der Waals surface area contributed by atoms with E-state index in [0.717, 1.165) is 0 Å². The first-order valence-electron chi connectivity index (χ1n) is 4.32. The summed E-state index contributed by atoms with van der Waals surface area (Å²) in [6.45, 7) is 1.77. The van der Waals surface area contributed by atoms with Gasteiger partial charge in [0.05, 0.1) is 0 Å². The molecule has 1 rings (SSSR count). The summed E-state index contributed by atoms with van der Waals surface area (Å²) in [6, 6.07) is 4.22. The molecule has 0 amide bonds. The summed E-state index contributed by atoms with van der Waals surface area (Å²) in [4.78, 5) is 0. The van der Waals surface area contributed by atoms with Gasteiger partial charge >= 0.3 is 0 Å². The van der Waals surface area contributed by atoms with Crippen molar-refractivity contribution in [2.24, 2.45) is 5.73 Å². The fraction of sp³-hybridized carbons (Fsp3) is 0.400. The Morgan fingerprint density at radius 1 is 1.43 bits per heavy atom. The van der Waals surface area contributed by atoms with Gasteiger partial charge in [-0.3, -0.25) is 0 Å². The zero-order valence-electron chi connectivity index (χ0n) is 7.81. The highest BCUT2D eigenvalue weighted by Gasteiger charge is 2.13. The highest BCUT2D eigenvalue weighted by atomic mass is 35.5. The van der Waals surface area contributed by atoms with Crippen LogP contribution in [0.5, 0.6) is 0 Å². The molecule has 1 aromatic carbocycles. The maximum Gasteiger partial charge on any atom is 0.264 e. The van der Waals surface area contributed by atoms with Crippen LogP contribution in [0.3, 0.4) is 0 Å². The smallest absolute Gasteiger partial charge is 0.264 e.